The van der Waals surface area contributed by atoms with Crippen molar-refractivity contribution in [1.29, 1.82) is 0 Å². The summed E-state index contributed by atoms with van der Waals surface area (Å²) in [4.78, 5) is 17.5. The fourth-order valence-corrected chi connectivity index (χ4v) is 3.04. The average molecular weight is 300 g/mol. The van der Waals surface area contributed by atoms with Gasteiger partial charge >= 0.3 is 0 Å². The number of hydrogen-bond donors (Lipinski definition) is 1. The average Bonchev–Trinajstić information content (AvgIpc) is 3.24. The number of carbonyl (C=O) groups excluding carboxylic acids is 1. The molecule has 0 radical (unpaired) electrons. The van der Waals surface area contributed by atoms with E-state index in [0.717, 1.165) is 36.4 Å². The first-order chi connectivity index (χ1) is 10.7. The number of nitrogens with zero attached hydrogens (tertiary/aromatic N) is 1. The van der Waals surface area contributed by atoms with Crippen LogP contribution in [0, 0.1) is 0 Å². The number of aromatic nitrogens is 1. The van der Waals surface area contributed by atoms with E-state index in [-0.39, 0.29) is 11.9 Å². The molecule has 1 aliphatic heterocycles. The number of benzene rings is 1. The minimum atomic E-state index is 0.0328. The molecule has 0 saturated carbocycles. The molecule has 1 aromatic carbocycles. The highest BCUT2D eigenvalue weighted by Crippen LogP contribution is 2.39. The number of H-pyrrole nitrogens is 1. The maximum atomic E-state index is 12.6. The first-order valence-electron chi connectivity index (χ1n) is 7.41. The van der Waals surface area contributed by atoms with Crippen molar-refractivity contribution in [3.63, 3.8) is 0 Å². The van der Waals surface area contributed by atoms with Gasteiger partial charge in [0.25, 0.3) is 5.91 Å². The Morgan fingerprint density at radius 1 is 1.27 bits per heavy atom. The third-order valence-electron chi connectivity index (χ3n) is 4.14. The molecule has 0 bridgehead atoms. The van der Waals surface area contributed by atoms with Crippen LogP contribution in [-0.4, -0.2) is 36.6 Å². The quantitative estimate of drug-likeness (QED) is 0.944. The van der Waals surface area contributed by atoms with Gasteiger partial charge in [-0.05, 0) is 37.1 Å². The summed E-state index contributed by atoms with van der Waals surface area (Å²) in [6, 6.07) is 9.45. The number of aromatic amines is 1. The zero-order valence-electron chi connectivity index (χ0n) is 12.8. The molecule has 22 heavy (non-hydrogen) atoms. The minimum Gasteiger partial charge on any atom is -0.497 e. The fourth-order valence-electron chi connectivity index (χ4n) is 3.04. The van der Waals surface area contributed by atoms with Gasteiger partial charge in [0.1, 0.15) is 17.2 Å². The maximum absolute atomic E-state index is 12.6. The molecule has 1 aromatic heterocycles. The number of nitrogens with one attached hydrogen (secondary N) is 1. The van der Waals surface area contributed by atoms with E-state index in [2.05, 4.69) is 4.98 Å². The summed E-state index contributed by atoms with van der Waals surface area (Å²) >= 11 is 0. The fraction of sp³-hybridized carbons (Fsp3) is 0.353. The maximum Gasteiger partial charge on any atom is 0.270 e. The molecule has 3 rings (SSSR count). The number of hydrogen-bond acceptors (Lipinski definition) is 3. The van der Waals surface area contributed by atoms with Crippen LogP contribution in [0.4, 0.5) is 0 Å². The van der Waals surface area contributed by atoms with Crippen LogP contribution < -0.4 is 9.47 Å². The molecule has 5 nitrogen and oxygen atoms in total. The SMILES string of the molecule is COc1ccc([C@H]2CCCN2C(=O)c2ccc[nH]2)c(OC)c1. The molecule has 0 spiro atoms. The summed E-state index contributed by atoms with van der Waals surface area (Å²) in [6.07, 6.45) is 3.70. The lowest BCUT2D eigenvalue weighted by Gasteiger charge is -2.26. The van der Waals surface area contributed by atoms with Crippen molar-refractivity contribution in [2.75, 3.05) is 20.8 Å². The third-order valence-corrected chi connectivity index (χ3v) is 4.14. The Balaban J connectivity index is 1.91. The van der Waals surface area contributed by atoms with Gasteiger partial charge in [-0.2, -0.15) is 0 Å². The molecule has 0 unspecified atom stereocenters. The van der Waals surface area contributed by atoms with E-state index in [0.29, 0.717) is 5.69 Å². The van der Waals surface area contributed by atoms with Crippen molar-refractivity contribution in [1.82, 2.24) is 9.88 Å². The van der Waals surface area contributed by atoms with Gasteiger partial charge in [-0.3, -0.25) is 4.79 Å². The van der Waals surface area contributed by atoms with E-state index in [9.17, 15) is 4.79 Å². The molecular formula is C17H20N2O3. The summed E-state index contributed by atoms with van der Waals surface area (Å²) in [5.41, 5.74) is 1.65. The standard InChI is InChI=1S/C17H20N2O3/c1-21-12-7-8-13(16(11-12)22-2)15-6-4-10-19(15)17(20)14-5-3-9-18-14/h3,5,7-9,11,15,18H,4,6,10H2,1-2H3/t15-/m1/s1. The van der Waals surface area contributed by atoms with Gasteiger partial charge < -0.3 is 19.4 Å². The Morgan fingerprint density at radius 2 is 2.14 bits per heavy atom. The highest BCUT2D eigenvalue weighted by atomic mass is 16.5. The molecule has 2 heterocycles. The van der Waals surface area contributed by atoms with Gasteiger partial charge in [-0.15, -0.1) is 0 Å². The predicted octanol–water partition coefficient (Wildman–Crippen LogP) is 3.01. The summed E-state index contributed by atoms with van der Waals surface area (Å²) in [5.74, 6) is 1.54. The van der Waals surface area contributed by atoms with Crippen LogP contribution in [0.1, 0.15) is 34.9 Å². The number of rotatable bonds is 4. The highest BCUT2D eigenvalue weighted by molar-refractivity contribution is 5.93. The number of likely N-dealkylation sites (tertiary alicyclic amines) is 1. The van der Waals surface area contributed by atoms with Crippen LogP contribution in [0.3, 0.4) is 0 Å². The molecule has 1 atom stereocenters. The second kappa shape index (κ2) is 6.13. The van der Waals surface area contributed by atoms with Crippen LogP contribution in [0.2, 0.25) is 0 Å². The summed E-state index contributed by atoms with van der Waals surface area (Å²) in [5, 5.41) is 0. The number of ether oxygens (including phenoxy) is 2. The van der Waals surface area contributed by atoms with Crippen LogP contribution in [0.5, 0.6) is 11.5 Å². The van der Waals surface area contributed by atoms with Gasteiger partial charge in [0.05, 0.1) is 20.3 Å². The Kier molecular flexibility index (Phi) is 4.04. The Hall–Kier alpha value is -2.43. The van der Waals surface area contributed by atoms with E-state index in [4.69, 9.17) is 9.47 Å². The van der Waals surface area contributed by atoms with Crippen LogP contribution in [-0.2, 0) is 0 Å². The second-order valence-electron chi connectivity index (χ2n) is 5.35. The molecule has 1 amide bonds. The van der Waals surface area contributed by atoms with E-state index in [1.165, 1.54) is 0 Å². The molecule has 5 heteroatoms. The minimum absolute atomic E-state index is 0.0328. The van der Waals surface area contributed by atoms with E-state index >= 15 is 0 Å². The molecule has 0 aliphatic carbocycles. The summed E-state index contributed by atoms with van der Waals surface area (Å²) < 4.78 is 10.7. The van der Waals surface area contributed by atoms with Crippen molar-refractivity contribution in [3.05, 3.63) is 47.8 Å². The third kappa shape index (κ3) is 2.54. The Labute approximate surface area is 129 Å². The van der Waals surface area contributed by atoms with Crippen molar-refractivity contribution in [3.8, 4) is 11.5 Å². The van der Waals surface area contributed by atoms with Gasteiger partial charge in [0.2, 0.25) is 0 Å². The van der Waals surface area contributed by atoms with E-state index < -0.39 is 0 Å². The summed E-state index contributed by atoms with van der Waals surface area (Å²) in [7, 11) is 3.27. The largest absolute Gasteiger partial charge is 0.497 e. The lowest BCUT2D eigenvalue weighted by molar-refractivity contribution is 0.0729. The van der Waals surface area contributed by atoms with E-state index in [1.807, 2.05) is 35.2 Å². The number of methoxy groups -OCH3 is 2. The predicted molar refractivity (Wildman–Crippen MR) is 83.4 cm³/mol. The van der Waals surface area contributed by atoms with Crippen LogP contribution in [0.15, 0.2) is 36.5 Å². The molecule has 2 aromatic rings. The van der Waals surface area contributed by atoms with Crippen LogP contribution >= 0.6 is 0 Å². The van der Waals surface area contributed by atoms with Crippen molar-refractivity contribution >= 4 is 5.91 Å². The monoisotopic (exact) mass is 300 g/mol. The van der Waals surface area contributed by atoms with Crippen molar-refractivity contribution < 1.29 is 14.3 Å². The molecule has 1 saturated heterocycles. The topological polar surface area (TPSA) is 54.6 Å². The molecular weight excluding hydrogens is 280 g/mol. The number of amides is 1. The normalized spacial score (nSPS) is 17.5. The van der Waals surface area contributed by atoms with Gasteiger partial charge in [0, 0.05) is 24.4 Å². The van der Waals surface area contributed by atoms with E-state index in [1.54, 1.807) is 20.4 Å². The Bertz CT molecular complexity index is 652. The molecule has 1 N–H and O–H groups in total. The molecule has 1 aliphatic rings. The zero-order valence-corrected chi connectivity index (χ0v) is 12.8. The van der Waals surface area contributed by atoms with Crippen molar-refractivity contribution in [2.45, 2.75) is 18.9 Å². The van der Waals surface area contributed by atoms with Gasteiger partial charge in [-0.1, -0.05) is 0 Å². The van der Waals surface area contributed by atoms with Crippen LogP contribution in [0.25, 0.3) is 0 Å². The Morgan fingerprint density at radius 3 is 2.82 bits per heavy atom. The zero-order chi connectivity index (χ0) is 15.5. The lowest BCUT2D eigenvalue weighted by atomic mass is 10.0. The lowest BCUT2D eigenvalue weighted by Crippen LogP contribution is -2.31. The highest BCUT2D eigenvalue weighted by Gasteiger charge is 2.32. The van der Waals surface area contributed by atoms with Gasteiger partial charge in [0.15, 0.2) is 0 Å². The molecule has 1 fully saturated rings. The second-order valence-corrected chi connectivity index (χ2v) is 5.35. The first kappa shape index (κ1) is 14.5. The number of carbonyl (C=O) groups is 1. The summed E-state index contributed by atoms with van der Waals surface area (Å²) in [6.45, 7) is 0.762. The first-order valence-corrected chi connectivity index (χ1v) is 7.41. The smallest absolute Gasteiger partial charge is 0.270 e. The van der Waals surface area contributed by atoms with Crippen molar-refractivity contribution in [2.24, 2.45) is 0 Å². The molecule has 116 valence electrons. The van der Waals surface area contributed by atoms with Gasteiger partial charge in [-0.25, -0.2) is 0 Å².